The number of anilines is 1. The number of aromatic nitrogens is 3. The Morgan fingerprint density at radius 1 is 1.16 bits per heavy atom. The average Bonchev–Trinajstić information content (AvgIpc) is 3.41. The number of aryl methyl sites for hydroxylation is 3. The normalized spacial score (nSPS) is 14.0. The Balaban J connectivity index is 1.61. The number of likely N-dealkylation sites (tertiary alicyclic amines) is 1. The first-order valence-electron chi connectivity index (χ1n) is 10.5. The molecule has 1 aromatic carbocycles. The van der Waals surface area contributed by atoms with Gasteiger partial charge in [0.2, 0.25) is 0 Å². The summed E-state index contributed by atoms with van der Waals surface area (Å²) in [4.78, 5) is 24.7. The summed E-state index contributed by atoms with van der Waals surface area (Å²) in [5, 5.41) is 2.99. The Labute approximate surface area is 186 Å². The third-order valence-corrected chi connectivity index (χ3v) is 6.30. The molecule has 31 heavy (non-hydrogen) atoms. The van der Waals surface area contributed by atoms with Gasteiger partial charge in [-0.1, -0.05) is 0 Å². The highest BCUT2D eigenvalue weighted by molar-refractivity contribution is 7.06. The Kier molecular flexibility index (Phi) is 6.58. The zero-order chi connectivity index (χ0) is 21.8. The van der Waals surface area contributed by atoms with Gasteiger partial charge in [-0.25, -0.2) is 14.3 Å². The number of carbonyl (C=O) groups excluding carboxylic acids is 1. The molecule has 0 aliphatic carbocycles. The van der Waals surface area contributed by atoms with Crippen molar-refractivity contribution < 1.29 is 9.53 Å². The van der Waals surface area contributed by atoms with Gasteiger partial charge in [-0.3, -0.25) is 9.69 Å². The van der Waals surface area contributed by atoms with Crippen LogP contribution in [-0.2, 0) is 0 Å². The summed E-state index contributed by atoms with van der Waals surface area (Å²) in [6.07, 6.45) is 5.70. The number of rotatable bonds is 7. The fraction of sp³-hybridized carbons (Fsp3) is 0.391. The molecule has 7 nitrogen and oxygen atoms in total. The van der Waals surface area contributed by atoms with Gasteiger partial charge in [-0.05, 0) is 76.4 Å². The minimum atomic E-state index is -0.169. The topological polar surface area (TPSA) is 80.2 Å². The van der Waals surface area contributed by atoms with Crippen molar-refractivity contribution in [3.05, 3.63) is 52.6 Å². The maximum atomic E-state index is 12.7. The Morgan fingerprint density at radius 2 is 1.90 bits per heavy atom. The van der Waals surface area contributed by atoms with E-state index in [1.807, 2.05) is 39.0 Å². The Morgan fingerprint density at radius 3 is 2.58 bits per heavy atom. The number of ether oxygens (including phenoxy) is 1. The molecule has 1 aliphatic heterocycles. The maximum Gasteiger partial charge on any atom is 0.258 e. The minimum Gasteiger partial charge on any atom is -0.492 e. The van der Waals surface area contributed by atoms with E-state index in [0.29, 0.717) is 17.9 Å². The molecule has 8 heteroatoms. The third-order valence-electron chi connectivity index (χ3n) is 5.59. The van der Waals surface area contributed by atoms with E-state index in [9.17, 15) is 4.79 Å². The largest absolute Gasteiger partial charge is 0.492 e. The van der Waals surface area contributed by atoms with Gasteiger partial charge in [0.05, 0.1) is 11.8 Å². The van der Waals surface area contributed by atoms with Crippen LogP contribution in [0.2, 0.25) is 0 Å². The molecule has 1 N–H and O–H groups in total. The molecule has 1 fully saturated rings. The van der Waals surface area contributed by atoms with Gasteiger partial charge >= 0.3 is 0 Å². The fourth-order valence-electron chi connectivity index (χ4n) is 3.92. The highest BCUT2D eigenvalue weighted by Crippen LogP contribution is 2.35. The van der Waals surface area contributed by atoms with Crippen molar-refractivity contribution in [2.75, 3.05) is 31.6 Å². The van der Waals surface area contributed by atoms with Crippen LogP contribution in [0.25, 0.3) is 11.1 Å². The molecule has 1 amide bonds. The van der Waals surface area contributed by atoms with Crippen LogP contribution in [0, 0.1) is 20.8 Å². The van der Waals surface area contributed by atoms with Crippen LogP contribution in [0.1, 0.15) is 39.5 Å². The number of benzene rings is 1. The van der Waals surface area contributed by atoms with Gasteiger partial charge in [0.1, 0.15) is 18.7 Å². The molecule has 0 radical (unpaired) electrons. The third kappa shape index (κ3) is 4.91. The van der Waals surface area contributed by atoms with Crippen LogP contribution < -0.4 is 10.1 Å². The predicted molar refractivity (Wildman–Crippen MR) is 123 cm³/mol. The van der Waals surface area contributed by atoms with Crippen molar-refractivity contribution in [2.24, 2.45) is 0 Å². The van der Waals surface area contributed by atoms with Crippen molar-refractivity contribution in [3.63, 3.8) is 0 Å². The van der Waals surface area contributed by atoms with Crippen LogP contribution in [0.5, 0.6) is 5.75 Å². The first kappa shape index (κ1) is 21.4. The van der Waals surface area contributed by atoms with E-state index in [1.54, 1.807) is 12.5 Å². The molecule has 0 spiro atoms. The zero-order valence-electron chi connectivity index (χ0n) is 18.1. The number of amides is 1. The number of carbonyl (C=O) groups is 1. The quantitative estimate of drug-likeness (QED) is 0.595. The average molecular weight is 438 g/mol. The van der Waals surface area contributed by atoms with Crippen molar-refractivity contribution in [1.29, 1.82) is 0 Å². The van der Waals surface area contributed by atoms with Crippen LogP contribution in [0.15, 0.2) is 30.7 Å². The Bertz CT molecular complexity index is 1060. The van der Waals surface area contributed by atoms with Gasteiger partial charge in [-0.2, -0.15) is 0 Å². The van der Waals surface area contributed by atoms with E-state index in [0.717, 1.165) is 52.8 Å². The summed E-state index contributed by atoms with van der Waals surface area (Å²) in [6.45, 7) is 9.62. The molecule has 162 valence electrons. The van der Waals surface area contributed by atoms with Crippen LogP contribution in [0.4, 0.5) is 5.69 Å². The van der Waals surface area contributed by atoms with E-state index >= 15 is 0 Å². The lowest BCUT2D eigenvalue weighted by atomic mass is 10.0. The van der Waals surface area contributed by atoms with E-state index in [4.69, 9.17) is 4.74 Å². The molecule has 1 aliphatic rings. The molecule has 2 aromatic heterocycles. The molecule has 3 aromatic rings. The maximum absolute atomic E-state index is 12.7. The van der Waals surface area contributed by atoms with Crippen molar-refractivity contribution in [3.8, 4) is 16.9 Å². The van der Waals surface area contributed by atoms with Crippen molar-refractivity contribution in [2.45, 2.75) is 33.6 Å². The lowest BCUT2D eigenvalue weighted by Gasteiger charge is -2.18. The molecule has 0 atom stereocenters. The molecular weight excluding hydrogens is 410 g/mol. The van der Waals surface area contributed by atoms with Gasteiger partial charge < -0.3 is 10.1 Å². The standard InChI is InChI=1S/C23H27N5O2S/c1-15-22(16(2)25-14-24-15)19-12-18(27-23(29)20-13-26-31-17(20)3)6-7-21(19)30-11-10-28-8-4-5-9-28/h6-7,12-14H,4-5,8-11H2,1-3H3,(H,27,29). The van der Waals surface area contributed by atoms with Crippen LogP contribution in [-0.4, -0.2) is 51.4 Å². The second-order valence-corrected chi connectivity index (χ2v) is 8.78. The number of hydrogen-bond acceptors (Lipinski definition) is 7. The molecule has 0 saturated carbocycles. The fourth-order valence-corrected chi connectivity index (χ4v) is 4.48. The number of nitrogens with one attached hydrogen (secondary N) is 1. The molecular formula is C23H27N5O2S. The molecule has 0 bridgehead atoms. The molecule has 0 unspecified atom stereocenters. The van der Waals surface area contributed by atoms with Crippen molar-refractivity contribution >= 4 is 23.1 Å². The highest BCUT2D eigenvalue weighted by atomic mass is 32.1. The summed E-state index contributed by atoms with van der Waals surface area (Å²) in [5.41, 5.74) is 4.85. The van der Waals surface area contributed by atoms with Gasteiger partial charge in [-0.15, -0.1) is 0 Å². The van der Waals surface area contributed by atoms with Crippen molar-refractivity contribution in [1.82, 2.24) is 19.2 Å². The van der Waals surface area contributed by atoms with E-state index in [-0.39, 0.29) is 5.91 Å². The molecule has 3 heterocycles. The predicted octanol–water partition coefficient (Wildman–Crippen LogP) is 4.25. The second kappa shape index (κ2) is 9.53. The SMILES string of the molecule is Cc1ncnc(C)c1-c1cc(NC(=O)c2cnsc2C)ccc1OCCN1CCCC1. The van der Waals surface area contributed by atoms with Gasteiger partial charge in [0, 0.05) is 39.6 Å². The monoisotopic (exact) mass is 437 g/mol. The van der Waals surface area contributed by atoms with Crippen LogP contribution in [0.3, 0.4) is 0 Å². The summed E-state index contributed by atoms with van der Waals surface area (Å²) >= 11 is 1.32. The first-order chi connectivity index (χ1) is 15.0. The second-order valence-electron chi connectivity index (χ2n) is 7.78. The lowest BCUT2D eigenvalue weighted by Crippen LogP contribution is -2.25. The van der Waals surface area contributed by atoms with Crippen LogP contribution >= 0.6 is 11.5 Å². The molecule has 1 saturated heterocycles. The lowest BCUT2D eigenvalue weighted by molar-refractivity contribution is 0.102. The molecule has 4 rings (SSSR count). The summed E-state index contributed by atoms with van der Waals surface area (Å²) in [6, 6.07) is 5.73. The Hall–Kier alpha value is -2.84. The highest BCUT2D eigenvalue weighted by Gasteiger charge is 2.17. The number of nitrogens with zero attached hydrogens (tertiary/aromatic N) is 4. The van der Waals surface area contributed by atoms with Gasteiger partial charge in [0.25, 0.3) is 5.91 Å². The van der Waals surface area contributed by atoms with E-state index in [2.05, 4.69) is 24.6 Å². The first-order valence-corrected chi connectivity index (χ1v) is 11.3. The number of hydrogen-bond donors (Lipinski definition) is 1. The van der Waals surface area contributed by atoms with E-state index in [1.165, 1.54) is 24.4 Å². The zero-order valence-corrected chi connectivity index (χ0v) is 19.0. The van der Waals surface area contributed by atoms with E-state index < -0.39 is 0 Å². The minimum absolute atomic E-state index is 0.169. The summed E-state index contributed by atoms with van der Waals surface area (Å²) in [5.74, 6) is 0.601. The van der Waals surface area contributed by atoms with Gasteiger partial charge in [0.15, 0.2) is 0 Å². The summed E-state index contributed by atoms with van der Waals surface area (Å²) in [7, 11) is 0. The smallest absolute Gasteiger partial charge is 0.258 e. The summed E-state index contributed by atoms with van der Waals surface area (Å²) < 4.78 is 10.3.